The van der Waals surface area contributed by atoms with Gasteiger partial charge in [-0.05, 0) is 49.2 Å². The lowest BCUT2D eigenvalue weighted by molar-refractivity contribution is -0.122. The number of ether oxygens (including phenoxy) is 1. The summed E-state index contributed by atoms with van der Waals surface area (Å²) in [5.41, 5.74) is 3.49. The van der Waals surface area contributed by atoms with Gasteiger partial charge in [-0.3, -0.25) is 14.4 Å². The minimum absolute atomic E-state index is 0.0661. The Bertz CT molecular complexity index is 1260. The van der Waals surface area contributed by atoms with Gasteiger partial charge in [0.05, 0.1) is 13.0 Å². The lowest BCUT2D eigenvalue weighted by Gasteiger charge is -2.20. The molecule has 1 atom stereocenters. The summed E-state index contributed by atoms with van der Waals surface area (Å²) in [6.45, 7) is 4.69. The fraction of sp³-hybridized carbons (Fsp3) is 0.320. The summed E-state index contributed by atoms with van der Waals surface area (Å²) in [4.78, 5) is 39.4. The largest absolute Gasteiger partial charge is 0.497 e. The quantitative estimate of drug-likeness (QED) is 0.499. The molecular formula is C25H27N5O4S. The third-order valence-electron chi connectivity index (χ3n) is 6.02. The lowest BCUT2D eigenvalue weighted by Crippen LogP contribution is -2.28. The highest BCUT2D eigenvalue weighted by Crippen LogP contribution is 2.30. The van der Waals surface area contributed by atoms with E-state index in [1.165, 1.54) is 11.3 Å². The second kappa shape index (κ2) is 10.6. The maximum Gasteiger partial charge on any atom is 0.251 e. The Morgan fingerprint density at radius 3 is 2.77 bits per heavy atom. The van der Waals surface area contributed by atoms with Crippen molar-refractivity contribution < 1.29 is 19.1 Å². The van der Waals surface area contributed by atoms with E-state index in [0.29, 0.717) is 41.0 Å². The monoisotopic (exact) mass is 493 g/mol. The number of hydrogen-bond donors (Lipinski definition) is 2. The van der Waals surface area contributed by atoms with Gasteiger partial charge in [0, 0.05) is 37.2 Å². The fourth-order valence-electron chi connectivity index (χ4n) is 3.91. The number of carbonyl (C=O) groups excluding carboxylic acids is 3. The van der Waals surface area contributed by atoms with E-state index in [1.807, 2.05) is 32.0 Å². The molecule has 0 saturated carbocycles. The standard InChI is InChI=1S/C25H27N5O4S/c1-15-6-4-9-20(16(15)2)30-14-18(13-22(30)31)24(33)27-25-29-28-21(35-25)10-11-26-23(32)17-7-5-8-19(12-17)34-3/h4-9,12,18H,10-11,13-14H2,1-3H3,(H,26,32)(H,27,29,33). The molecule has 0 aliphatic carbocycles. The van der Waals surface area contributed by atoms with Gasteiger partial charge in [0.15, 0.2) is 0 Å². The van der Waals surface area contributed by atoms with Crippen LogP contribution in [0, 0.1) is 19.8 Å². The Kier molecular flexibility index (Phi) is 7.40. The maximum absolute atomic E-state index is 12.8. The van der Waals surface area contributed by atoms with Crippen LogP contribution >= 0.6 is 11.3 Å². The first-order valence-corrected chi connectivity index (χ1v) is 12.1. The highest BCUT2D eigenvalue weighted by Gasteiger charge is 2.36. The highest BCUT2D eigenvalue weighted by molar-refractivity contribution is 7.15. The summed E-state index contributed by atoms with van der Waals surface area (Å²) in [6.07, 6.45) is 0.632. The first kappa shape index (κ1) is 24.3. The zero-order valence-electron chi connectivity index (χ0n) is 19.8. The summed E-state index contributed by atoms with van der Waals surface area (Å²) >= 11 is 1.25. The Morgan fingerprint density at radius 1 is 1.17 bits per heavy atom. The summed E-state index contributed by atoms with van der Waals surface area (Å²) in [5.74, 6) is -0.370. The third-order valence-corrected chi connectivity index (χ3v) is 6.91. The second-order valence-electron chi connectivity index (χ2n) is 8.35. The van der Waals surface area contributed by atoms with Crippen molar-refractivity contribution in [2.45, 2.75) is 26.7 Å². The van der Waals surface area contributed by atoms with E-state index in [2.05, 4.69) is 20.8 Å². The number of hydrogen-bond acceptors (Lipinski definition) is 7. The van der Waals surface area contributed by atoms with E-state index in [4.69, 9.17) is 4.74 Å². The van der Waals surface area contributed by atoms with Gasteiger partial charge >= 0.3 is 0 Å². The number of anilines is 2. The molecule has 3 amide bonds. The van der Waals surface area contributed by atoms with Crippen LogP contribution in [-0.4, -0.2) is 48.1 Å². The molecule has 35 heavy (non-hydrogen) atoms. The Labute approximate surface area is 207 Å². The zero-order chi connectivity index (χ0) is 24.9. The van der Waals surface area contributed by atoms with Crippen LogP contribution in [-0.2, 0) is 16.0 Å². The molecule has 182 valence electrons. The van der Waals surface area contributed by atoms with Crippen LogP contribution in [0.1, 0.15) is 32.9 Å². The van der Waals surface area contributed by atoms with Crippen LogP contribution in [0.5, 0.6) is 5.75 Å². The average Bonchev–Trinajstić information content (AvgIpc) is 3.47. The molecule has 1 aliphatic rings. The average molecular weight is 494 g/mol. The van der Waals surface area contributed by atoms with E-state index in [-0.39, 0.29) is 24.1 Å². The number of nitrogens with zero attached hydrogens (tertiary/aromatic N) is 3. The molecule has 1 aromatic heterocycles. The van der Waals surface area contributed by atoms with Gasteiger partial charge in [0.25, 0.3) is 5.91 Å². The van der Waals surface area contributed by atoms with E-state index in [0.717, 1.165) is 16.8 Å². The number of methoxy groups -OCH3 is 1. The summed E-state index contributed by atoms with van der Waals surface area (Å²) in [7, 11) is 1.55. The molecule has 1 fully saturated rings. The highest BCUT2D eigenvalue weighted by atomic mass is 32.1. The minimum Gasteiger partial charge on any atom is -0.497 e. The van der Waals surface area contributed by atoms with E-state index < -0.39 is 5.92 Å². The van der Waals surface area contributed by atoms with Crippen molar-refractivity contribution in [1.29, 1.82) is 0 Å². The SMILES string of the molecule is COc1cccc(C(=O)NCCc2nnc(NC(=O)C3CC(=O)N(c4cccc(C)c4C)C3)s2)c1. The molecule has 4 rings (SSSR count). The minimum atomic E-state index is -0.461. The van der Waals surface area contributed by atoms with E-state index in [9.17, 15) is 14.4 Å². The molecule has 0 spiro atoms. The molecule has 2 heterocycles. The number of aromatic nitrogens is 2. The van der Waals surface area contributed by atoms with Crippen molar-refractivity contribution in [1.82, 2.24) is 15.5 Å². The molecule has 2 aromatic carbocycles. The van der Waals surface area contributed by atoms with Crippen LogP contribution in [0.4, 0.5) is 10.8 Å². The first-order chi connectivity index (χ1) is 16.9. The van der Waals surface area contributed by atoms with E-state index >= 15 is 0 Å². The number of aryl methyl sites for hydroxylation is 1. The molecule has 0 bridgehead atoms. The predicted molar refractivity (Wildman–Crippen MR) is 134 cm³/mol. The van der Waals surface area contributed by atoms with E-state index in [1.54, 1.807) is 36.3 Å². The molecule has 3 aromatic rings. The Morgan fingerprint density at radius 2 is 1.97 bits per heavy atom. The number of amides is 3. The number of nitrogens with one attached hydrogen (secondary N) is 2. The number of rotatable bonds is 8. The zero-order valence-corrected chi connectivity index (χ0v) is 20.6. The van der Waals surface area contributed by atoms with Crippen LogP contribution in [0.15, 0.2) is 42.5 Å². The molecular weight excluding hydrogens is 466 g/mol. The summed E-state index contributed by atoms with van der Waals surface area (Å²) in [5, 5.41) is 14.8. The van der Waals surface area contributed by atoms with Gasteiger partial charge in [-0.2, -0.15) is 0 Å². The molecule has 1 unspecified atom stereocenters. The van der Waals surface area contributed by atoms with Crippen molar-refractivity contribution in [3.8, 4) is 5.75 Å². The summed E-state index contributed by atoms with van der Waals surface area (Å²) < 4.78 is 5.14. The molecule has 10 heteroatoms. The molecule has 1 saturated heterocycles. The van der Waals surface area contributed by atoms with Crippen LogP contribution in [0.25, 0.3) is 0 Å². The van der Waals surface area contributed by atoms with Crippen LogP contribution < -0.4 is 20.3 Å². The van der Waals surface area contributed by atoms with Crippen molar-refractivity contribution in [3.05, 3.63) is 64.2 Å². The smallest absolute Gasteiger partial charge is 0.251 e. The second-order valence-corrected chi connectivity index (χ2v) is 9.41. The Balaban J connectivity index is 1.28. The van der Waals surface area contributed by atoms with Gasteiger partial charge in [-0.25, -0.2) is 0 Å². The van der Waals surface area contributed by atoms with Gasteiger partial charge in [0.1, 0.15) is 10.8 Å². The van der Waals surface area contributed by atoms with Gasteiger partial charge < -0.3 is 20.3 Å². The molecule has 9 nitrogen and oxygen atoms in total. The normalized spacial score (nSPS) is 15.2. The van der Waals surface area contributed by atoms with Crippen LogP contribution in [0.2, 0.25) is 0 Å². The Hall–Kier alpha value is -3.79. The topological polar surface area (TPSA) is 114 Å². The number of carbonyl (C=O) groups is 3. The van der Waals surface area contributed by atoms with Crippen molar-refractivity contribution in [2.75, 3.05) is 30.4 Å². The van der Waals surface area contributed by atoms with Crippen molar-refractivity contribution in [2.24, 2.45) is 5.92 Å². The summed E-state index contributed by atoms with van der Waals surface area (Å²) in [6, 6.07) is 12.7. The maximum atomic E-state index is 12.8. The molecule has 0 radical (unpaired) electrons. The molecule has 1 aliphatic heterocycles. The van der Waals surface area contributed by atoms with Crippen molar-refractivity contribution >= 4 is 39.9 Å². The first-order valence-electron chi connectivity index (χ1n) is 11.3. The predicted octanol–water partition coefficient (Wildman–Crippen LogP) is 3.13. The molecule has 2 N–H and O–H groups in total. The van der Waals surface area contributed by atoms with Gasteiger partial charge in [0.2, 0.25) is 16.9 Å². The van der Waals surface area contributed by atoms with Crippen LogP contribution in [0.3, 0.4) is 0 Å². The van der Waals surface area contributed by atoms with Gasteiger partial charge in [-0.15, -0.1) is 10.2 Å². The fourth-order valence-corrected chi connectivity index (χ4v) is 4.65. The lowest BCUT2D eigenvalue weighted by atomic mass is 10.1. The third kappa shape index (κ3) is 5.65. The van der Waals surface area contributed by atoms with Crippen molar-refractivity contribution in [3.63, 3.8) is 0 Å². The van der Waals surface area contributed by atoms with Gasteiger partial charge in [-0.1, -0.05) is 29.5 Å². The number of benzene rings is 2.